The van der Waals surface area contributed by atoms with E-state index >= 15 is 0 Å². The smallest absolute Gasteiger partial charge is 0.341 e. The zero-order valence-corrected chi connectivity index (χ0v) is 12.4. The van der Waals surface area contributed by atoms with Crippen molar-refractivity contribution in [2.24, 2.45) is 0 Å². The fourth-order valence-electron chi connectivity index (χ4n) is 1.56. The molecule has 0 amide bonds. The van der Waals surface area contributed by atoms with Crippen molar-refractivity contribution in [1.82, 2.24) is 0 Å². The first-order valence-corrected chi connectivity index (χ1v) is 6.25. The number of hydrogen-bond acceptors (Lipinski definition) is 6. The molecular weight excluding hydrogens is 309 g/mol. The molecule has 8 heteroatoms. The van der Waals surface area contributed by atoms with Gasteiger partial charge in [-0.15, -0.1) is 0 Å². The molecule has 0 aliphatic carbocycles. The molecule has 0 aliphatic rings. The topological polar surface area (TPSA) is 98.9 Å². The number of esters is 1. The Bertz CT molecular complexity index is 704. The largest absolute Gasteiger partial charge is 0.504 e. The molecule has 0 saturated heterocycles. The maximum atomic E-state index is 12.4. The number of nitro benzene ring substituents is 1. The van der Waals surface area contributed by atoms with Gasteiger partial charge in [0.1, 0.15) is 5.56 Å². The second kappa shape index (κ2) is 8.32. The number of phenolic OH excluding ortho intramolecular Hbond substituents is 1. The molecule has 2 rings (SSSR count). The SMILES string of the molecule is COC(=O)c1cccc(OC)c1O.O=[N+]([O-])c1ccccc1F. The van der Waals surface area contributed by atoms with Gasteiger partial charge in [0.05, 0.1) is 19.1 Å². The average molecular weight is 323 g/mol. The van der Waals surface area contributed by atoms with Crippen LogP contribution in [-0.4, -0.2) is 30.2 Å². The van der Waals surface area contributed by atoms with Crippen LogP contribution in [0.4, 0.5) is 10.1 Å². The molecule has 0 bridgehead atoms. The highest BCUT2D eigenvalue weighted by Crippen LogP contribution is 2.29. The molecule has 0 atom stereocenters. The van der Waals surface area contributed by atoms with Crippen LogP contribution in [0.1, 0.15) is 10.4 Å². The molecule has 0 fully saturated rings. The molecule has 0 radical (unpaired) electrons. The summed E-state index contributed by atoms with van der Waals surface area (Å²) < 4.78 is 21.7. The van der Waals surface area contributed by atoms with Crippen molar-refractivity contribution in [3.8, 4) is 11.5 Å². The van der Waals surface area contributed by atoms with Crippen LogP contribution in [0.3, 0.4) is 0 Å². The lowest BCUT2D eigenvalue weighted by Gasteiger charge is -2.06. The number of halogens is 1. The fourth-order valence-corrected chi connectivity index (χ4v) is 1.56. The van der Waals surface area contributed by atoms with Crippen LogP contribution >= 0.6 is 0 Å². The van der Waals surface area contributed by atoms with Crippen LogP contribution in [0.5, 0.6) is 11.5 Å². The molecule has 2 aromatic carbocycles. The van der Waals surface area contributed by atoms with Gasteiger partial charge in [-0.05, 0) is 18.2 Å². The summed E-state index contributed by atoms with van der Waals surface area (Å²) in [7, 11) is 2.66. The maximum Gasteiger partial charge on any atom is 0.341 e. The maximum absolute atomic E-state index is 12.4. The van der Waals surface area contributed by atoms with Gasteiger partial charge in [-0.2, -0.15) is 4.39 Å². The first-order chi connectivity index (χ1) is 10.9. The van der Waals surface area contributed by atoms with E-state index in [1.54, 1.807) is 12.1 Å². The Labute approximate surface area is 131 Å². The molecular formula is C15H14FNO6. The first kappa shape index (κ1) is 17.9. The molecule has 0 saturated carbocycles. The third-order valence-electron chi connectivity index (χ3n) is 2.67. The minimum Gasteiger partial charge on any atom is -0.504 e. The Kier molecular flexibility index (Phi) is 6.47. The van der Waals surface area contributed by atoms with Crippen molar-refractivity contribution in [1.29, 1.82) is 0 Å². The fraction of sp³-hybridized carbons (Fsp3) is 0.133. The van der Waals surface area contributed by atoms with E-state index in [0.29, 0.717) is 0 Å². The number of hydrogen-bond donors (Lipinski definition) is 1. The summed E-state index contributed by atoms with van der Waals surface area (Å²) in [5.41, 5.74) is -0.385. The van der Waals surface area contributed by atoms with E-state index in [1.807, 2.05) is 0 Å². The van der Waals surface area contributed by atoms with Gasteiger partial charge >= 0.3 is 11.7 Å². The molecule has 0 aliphatic heterocycles. The highest BCUT2D eigenvalue weighted by atomic mass is 19.1. The lowest BCUT2D eigenvalue weighted by Crippen LogP contribution is -2.01. The lowest BCUT2D eigenvalue weighted by molar-refractivity contribution is -0.387. The van der Waals surface area contributed by atoms with Crippen molar-refractivity contribution in [2.75, 3.05) is 14.2 Å². The summed E-state index contributed by atoms with van der Waals surface area (Å²) in [6, 6.07) is 9.62. The number of nitrogens with zero attached hydrogens (tertiary/aromatic N) is 1. The first-order valence-electron chi connectivity index (χ1n) is 6.25. The van der Waals surface area contributed by atoms with Crippen LogP contribution in [-0.2, 0) is 4.74 Å². The number of para-hydroxylation sites is 2. The molecule has 0 aromatic heterocycles. The number of aromatic hydroxyl groups is 1. The van der Waals surface area contributed by atoms with E-state index in [9.17, 15) is 24.4 Å². The van der Waals surface area contributed by atoms with Crippen molar-refractivity contribution < 1.29 is 28.7 Å². The van der Waals surface area contributed by atoms with Crippen molar-refractivity contribution in [2.45, 2.75) is 0 Å². The Hall–Kier alpha value is -3.16. The molecule has 122 valence electrons. The number of rotatable bonds is 3. The summed E-state index contributed by atoms with van der Waals surface area (Å²) in [5, 5.41) is 19.5. The van der Waals surface area contributed by atoms with Crippen LogP contribution in [0.15, 0.2) is 42.5 Å². The monoisotopic (exact) mass is 323 g/mol. The molecule has 0 spiro atoms. The quantitative estimate of drug-likeness (QED) is 0.530. The highest BCUT2D eigenvalue weighted by Gasteiger charge is 2.14. The number of carbonyl (C=O) groups is 1. The number of ether oxygens (including phenoxy) is 2. The van der Waals surface area contributed by atoms with Crippen LogP contribution < -0.4 is 4.74 Å². The van der Waals surface area contributed by atoms with Crippen LogP contribution in [0, 0.1) is 15.9 Å². The van der Waals surface area contributed by atoms with E-state index in [2.05, 4.69) is 4.74 Å². The summed E-state index contributed by atoms with van der Waals surface area (Å²) in [5.74, 6) is -1.33. The summed E-state index contributed by atoms with van der Waals surface area (Å²) in [4.78, 5) is 20.3. The average Bonchev–Trinajstić information content (AvgIpc) is 2.55. The lowest BCUT2D eigenvalue weighted by atomic mass is 10.2. The standard InChI is InChI=1S/C9H10O4.C6H4FNO2/c1-12-7-5-3-4-6(8(7)10)9(11)13-2;7-5-3-1-2-4-6(5)8(9)10/h3-5,10H,1-2H3;1-4H. The summed E-state index contributed by atoms with van der Waals surface area (Å²) in [6.45, 7) is 0. The molecule has 0 heterocycles. The zero-order chi connectivity index (χ0) is 17.4. The number of nitro groups is 1. The van der Waals surface area contributed by atoms with Crippen molar-refractivity contribution in [3.63, 3.8) is 0 Å². The van der Waals surface area contributed by atoms with Gasteiger partial charge in [-0.3, -0.25) is 10.1 Å². The highest BCUT2D eigenvalue weighted by molar-refractivity contribution is 5.93. The predicted molar refractivity (Wildman–Crippen MR) is 79.1 cm³/mol. The van der Waals surface area contributed by atoms with Gasteiger partial charge in [0.15, 0.2) is 11.5 Å². The Morgan fingerprint density at radius 2 is 1.83 bits per heavy atom. The van der Waals surface area contributed by atoms with E-state index in [1.165, 1.54) is 32.4 Å². The minimum absolute atomic E-state index is 0.0989. The summed E-state index contributed by atoms with van der Waals surface area (Å²) in [6.07, 6.45) is 0. The third-order valence-corrected chi connectivity index (χ3v) is 2.67. The van der Waals surface area contributed by atoms with Gasteiger partial charge in [-0.1, -0.05) is 18.2 Å². The number of methoxy groups -OCH3 is 2. The number of phenols is 1. The van der Waals surface area contributed by atoms with Gasteiger partial charge in [-0.25, -0.2) is 4.79 Å². The molecule has 0 unspecified atom stereocenters. The van der Waals surface area contributed by atoms with Crippen LogP contribution in [0.2, 0.25) is 0 Å². The van der Waals surface area contributed by atoms with E-state index in [4.69, 9.17) is 4.74 Å². The number of carbonyl (C=O) groups excluding carboxylic acids is 1. The van der Waals surface area contributed by atoms with Gasteiger partial charge in [0.2, 0.25) is 5.82 Å². The minimum atomic E-state index is -0.799. The Balaban J connectivity index is 0.000000238. The normalized spacial score (nSPS) is 9.35. The number of benzene rings is 2. The third kappa shape index (κ3) is 4.67. The second-order valence-corrected chi connectivity index (χ2v) is 4.06. The molecule has 2 aromatic rings. The molecule has 1 N–H and O–H groups in total. The van der Waals surface area contributed by atoms with Crippen molar-refractivity contribution in [3.05, 3.63) is 64.0 Å². The van der Waals surface area contributed by atoms with Crippen LogP contribution in [0.25, 0.3) is 0 Å². The van der Waals surface area contributed by atoms with E-state index in [-0.39, 0.29) is 17.1 Å². The summed E-state index contributed by atoms with van der Waals surface area (Å²) >= 11 is 0. The van der Waals surface area contributed by atoms with Gasteiger partial charge < -0.3 is 14.6 Å². The van der Waals surface area contributed by atoms with E-state index < -0.39 is 22.4 Å². The molecule has 7 nitrogen and oxygen atoms in total. The predicted octanol–water partition coefficient (Wildman–Crippen LogP) is 2.92. The van der Waals surface area contributed by atoms with E-state index in [0.717, 1.165) is 12.1 Å². The second-order valence-electron chi connectivity index (χ2n) is 4.06. The van der Waals surface area contributed by atoms with Gasteiger partial charge in [0.25, 0.3) is 0 Å². The van der Waals surface area contributed by atoms with Gasteiger partial charge in [0, 0.05) is 6.07 Å². The Morgan fingerprint density at radius 3 is 2.30 bits per heavy atom. The molecule has 23 heavy (non-hydrogen) atoms. The zero-order valence-electron chi connectivity index (χ0n) is 12.4. The Morgan fingerprint density at radius 1 is 1.17 bits per heavy atom. The van der Waals surface area contributed by atoms with Crippen molar-refractivity contribution >= 4 is 11.7 Å².